The van der Waals surface area contributed by atoms with Crippen molar-refractivity contribution in [3.63, 3.8) is 0 Å². The van der Waals surface area contributed by atoms with Gasteiger partial charge in [0, 0.05) is 18.5 Å². The quantitative estimate of drug-likeness (QED) is 0.681. The van der Waals surface area contributed by atoms with E-state index in [4.69, 9.17) is 9.47 Å². The van der Waals surface area contributed by atoms with Crippen LogP contribution in [0.1, 0.15) is 45.2 Å². The molecule has 1 heterocycles. The first-order valence-electron chi connectivity index (χ1n) is 11.3. The summed E-state index contributed by atoms with van der Waals surface area (Å²) in [4.78, 5) is 27.7. The zero-order valence-electron chi connectivity index (χ0n) is 19.5. The van der Waals surface area contributed by atoms with E-state index in [1.807, 2.05) is 69.3 Å². The minimum Gasteiger partial charge on any atom is -0.486 e. The SMILES string of the molecule is C[C@@H](C(=O)NC(C)(C)C)N(CCc1ccccc1)C(=O)CCc1ccc2c(c1)OCCO2. The van der Waals surface area contributed by atoms with E-state index in [0.717, 1.165) is 22.6 Å². The summed E-state index contributed by atoms with van der Waals surface area (Å²) in [7, 11) is 0. The second-order valence-electron chi connectivity index (χ2n) is 9.22. The van der Waals surface area contributed by atoms with E-state index in [1.165, 1.54) is 0 Å². The molecule has 0 radical (unpaired) electrons. The van der Waals surface area contributed by atoms with E-state index in [9.17, 15) is 9.59 Å². The third kappa shape index (κ3) is 6.74. The van der Waals surface area contributed by atoms with Crippen molar-refractivity contribution in [2.45, 2.75) is 58.5 Å². The first kappa shape index (κ1) is 23.6. The van der Waals surface area contributed by atoms with Gasteiger partial charge in [0.1, 0.15) is 19.3 Å². The fraction of sp³-hybridized carbons (Fsp3) is 0.462. The van der Waals surface area contributed by atoms with Gasteiger partial charge in [-0.15, -0.1) is 0 Å². The maximum atomic E-state index is 13.2. The van der Waals surface area contributed by atoms with Crippen molar-refractivity contribution in [3.05, 3.63) is 59.7 Å². The van der Waals surface area contributed by atoms with Gasteiger partial charge >= 0.3 is 0 Å². The van der Waals surface area contributed by atoms with Gasteiger partial charge < -0.3 is 19.7 Å². The molecule has 32 heavy (non-hydrogen) atoms. The molecule has 0 unspecified atom stereocenters. The third-order valence-electron chi connectivity index (χ3n) is 5.38. The molecule has 0 saturated heterocycles. The maximum absolute atomic E-state index is 13.2. The second kappa shape index (κ2) is 10.5. The molecule has 1 N–H and O–H groups in total. The van der Waals surface area contributed by atoms with Crippen molar-refractivity contribution < 1.29 is 19.1 Å². The molecule has 6 nitrogen and oxygen atoms in total. The van der Waals surface area contributed by atoms with Crippen molar-refractivity contribution in [2.75, 3.05) is 19.8 Å². The van der Waals surface area contributed by atoms with Crippen LogP contribution in [0.5, 0.6) is 11.5 Å². The number of ether oxygens (including phenoxy) is 2. The van der Waals surface area contributed by atoms with Crippen molar-refractivity contribution in [3.8, 4) is 11.5 Å². The molecule has 0 saturated carbocycles. The summed E-state index contributed by atoms with van der Waals surface area (Å²) in [5.74, 6) is 1.29. The van der Waals surface area contributed by atoms with Crippen LogP contribution < -0.4 is 14.8 Å². The smallest absolute Gasteiger partial charge is 0.242 e. The summed E-state index contributed by atoms with van der Waals surface area (Å²) in [5, 5.41) is 3.00. The van der Waals surface area contributed by atoms with E-state index >= 15 is 0 Å². The minimum atomic E-state index is -0.550. The molecule has 6 heteroatoms. The fourth-order valence-corrected chi connectivity index (χ4v) is 3.68. The lowest BCUT2D eigenvalue weighted by Gasteiger charge is -2.31. The van der Waals surface area contributed by atoms with Crippen molar-refractivity contribution >= 4 is 11.8 Å². The molecule has 172 valence electrons. The molecule has 1 aliphatic heterocycles. The minimum absolute atomic E-state index is 0.0348. The number of aryl methyl sites for hydroxylation is 1. The van der Waals surface area contributed by atoms with Gasteiger partial charge in [-0.3, -0.25) is 9.59 Å². The van der Waals surface area contributed by atoms with Gasteiger partial charge in [-0.1, -0.05) is 36.4 Å². The molecule has 2 aromatic carbocycles. The monoisotopic (exact) mass is 438 g/mol. The molecular formula is C26H34N2O4. The van der Waals surface area contributed by atoms with Crippen LogP contribution in [0.4, 0.5) is 0 Å². The Kier molecular flexibility index (Phi) is 7.78. The lowest BCUT2D eigenvalue weighted by Crippen LogP contribution is -2.53. The van der Waals surface area contributed by atoms with Crippen LogP contribution in [0, 0.1) is 0 Å². The molecule has 3 rings (SSSR count). The molecule has 0 aliphatic carbocycles. The lowest BCUT2D eigenvalue weighted by atomic mass is 10.1. The molecule has 2 aromatic rings. The highest BCUT2D eigenvalue weighted by molar-refractivity contribution is 5.87. The highest BCUT2D eigenvalue weighted by atomic mass is 16.6. The Balaban J connectivity index is 1.68. The van der Waals surface area contributed by atoms with E-state index < -0.39 is 6.04 Å². The van der Waals surface area contributed by atoms with Crippen molar-refractivity contribution in [1.82, 2.24) is 10.2 Å². The van der Waals surface area contributed by atoms with Crippen molar-refractivity contribution in [2.24, 2.45) is 0 Å². The summed E-state index contributed by atoms with van der Waals surface area (Å²) in [6.45, 7) is 9.19. The zero-order valence-corrected chi connectivity index (χ0v) is 19.5. The Morgan fingerprint density at radius 1 is 0.969 bits per heavy atom. The predicted molar refractivity (Wildman–Crippen MR) is 125 cm³/mol. The molecule has 0 spiro atoms. The summed E-state index contributed by atoms with van der Waals surface area (Å²) < 4.78 is 11.2. The van der Waals surface area contributed by atoms with E-state index in [2.05, 4.69) is 5.32 Å². The van der Waals surface area contributed by atoms with Crippen LogP contribution in [0.2, 0.25) is 0 Å². The topological polar surface area (TPSA) is 67.9 Å². The average Bonchev–Trinajstić information content (AvgIpc) is 2.77. The van der Waals surface area contributed by atoms with Gasteiger partial charge in [0.25, 0.3) is 0 Å². The van der Waals surface area contributed by atoms with Gasteiger partial charge in [0.15, 0.2) is 11.5 Å². The predicted octanol–water partition coefficient (Wildman–Crippen LogP) is 3.76. The Hall–Kier alpha value is -3.02. The number of hydrogen-bond donors (Lipinski definition) is 1. The number of carbonyl (C=O) groups is 2. The van der Waals surface area contributed by atoms with Gasteiger partial charge in [0.2, 0.25) is 11.8 Å². The number of fused-ring (bicyclic) bond motifs is 1. The van der Waals surface area contributed by atoms with E-state index in [1.54, 1.807) is 11.8 Å². The lowest BCUT2D eigenvalue weighted by molar-refractivity contribution is -0.140. The first-order chi connectivity index (χ1) is 15.2. The number of hydrogen-bond acceptors (Lipinski definition) is 4. The third-order valence-corrected chi connectivity index (χ3v) is 5.38. The van der Waals surface area contributed by atoms with E-state index in [0.29, 0.717) is 39.0 Å². The molecule has 1 atom stereocenters. The Bertz CT molecular complexity index is 921. The standard InChI is InChI=1S/C26H34N2O4/c1-19(25(30)27-26(2,3)4)28(15-14-20-8-6-5-7-9-20)24(29)13-11-21-10-12-22-23(18-21)32-17-16-31-22/h5-10,12,18-19H,11,13-17H2,1-4H3,(H,27,30)/t19-/m0/s1. The normalized spacial score (nSPS) is 13.9. The summed E-state index contributed by atoms with van der Waals surface area (Å²) in [6.07, 6.45) is 1.59. The molecular weight excluding hydrogens is 404 g/mol. The van der Waals surface area contributed by atoms with Crippen LogP contribution >= 0.6 is 0 Å². The molecule has 0 bridgehead atoms. The van der Waals surface area contributed by atoms with Crippen LogP contribution in [0.25, 0.3) is 0 Å². The molecule has 2 amide bonds. The molecule has 1 aliphatic rings. The van der Waals surface area contributed by atoms with Gasteiger partial charge in [-0.2, -0.15) is 0 Å². The van der Waals surface area contributed by atoms with Crippen LogP contribution in [0.3, 0.4) is 0 Å². The summed E-state index contributed by atoms with van der Waals surface area (Å²) in [6, 6.07) is 15.3. The Labute approximate surface area is 190 Å². The largest absolute Gasteiger partial charge is 0.486 e. The number of benzene rings is 2. The Morgan fingerprint density at radius 2 is 1.66 bits per heavy atom. The van der Waals surface area contributed by atoms with Gasteiger partial charge in [-0.25, -0.2) is 0 Å². The number of carbonyl (C=O) groups excluding carboxylic acids is 2. The molecule has 0 fully saturated rings. The van der Waals surface area contributed by atoms with Gasteiger partial charge in [-0.05, 0) is 63.8 Å². The van der Waals surface area contributed by atoms with Crippen LogP contribution in [-0.4, -0.2) is 48.1 Å². The van der Waals surface area contributed by atoms with E-state index in [-0.39, 0.29) is 17.4 Å². The average molecular weight is 439 g/mol. The second-order valence-corrected chi connectivity index (χ2v) is 9.22. The van der Waals surface area contributed by atoms with Gasteiger partial charge in [0.05, 0.1) is 0 Å². The zero-order chi connectivity index (χ0) is 23.1. The first-order valence-corrected chi connectivity index (χ1v) is 11.3. The Morgan fingerprint density at radius 3 is 2.34 bits per heavy atom. The van der Waals surface area contributed by atoms with Crippen LogP contribution in [0.15, 0.2) is 48.5 Å². The number of rotatable bonds is 8. The molecule has 0 aromatic heterocycles. The fourth-order valence-electron chi connectivity index (χ4n) is 3.68. The number of amides is 2. The van der Waals surface area contributed by atoms with Crippen LogP contribution in [-0.2, 0) is 22.4 Å². The highest BCUT2D eigenvalue weighted by Gasteiger charge is 2.28. The maximum Gasteiger partial charge on any atom is 0.242 e. The summed E-state index contributed by atoms with van der Waals surface area (Å²) >= 11 is 0. The number of nitrogens with zero attached hydrogens (tertiary/aromatic N) is 1. The van der Waals surface area contributed by atoms with Crippen molar-refractivity contribution in [1.29, 1.82) is 0 Å². The number of nitrogens with one attached hydrogen (secondary N) is 1. The highest BCUT2D eigenvalue weighted by Crippen LogP contribution is 2.31. The summed E-state index contributed by atoms with van der Waals surface area (Å²) in [5.41, 5.74) is 1.79.